The number of rotatable bonds is 7. The molecule has 0 fully saturated rings. The van der Waals surface area contributed by atoms with Gasteiger partial charge in [0.25, 0.3) is 0 Å². The molecule has 3 N–H and O–H groups in total. The Hall–Kier alpha value is -1.66. The van der Waals surface area contributed by atoms with Gasteiger partial charge in [0.15, 0.2) is 0 Å². The molecule has 0 aromatic heterocycles. The molecule has 1 rings (SSSR count). The first kappa shape index (κ1) is 19.4. The average molecular weight is 326 g/mol. The van der Waals surface area contributed by atoms with Crippen LogP contribution in [0.25, 0.3) is 0 Å². The fourth-order valence-electron chi connectivity index (χ4n) is 2.06. The van der Waals surface area contributed by atoms with Crippen LogP contribution in [0, 0.1) is 5.82 Å². The highest BCUT2D eigenvalue weighted by Gasteiger charge is 2.20. The van der Waals surface area contributed by atoms with Crippen molar-refractivity contribution in [1.29, 1.82) is 0 Å². The third-order valence-electron chi connectivity index (χ3n) is 2.92. The van der Waals surface area contributed by atoms with Gasteiger partial charge in [-0.25, -0.2) is 9.18 Å². The standard InChI is InChI=1S/C17H27FN2O3/c1-12(21)10-19-11-15(20-16(22)23-17(2,3)4)9-13-6-5-7-14(18)8-13/h5-8,12,15,19,21H,9-11H2,1-4H3,(H,20,22)/t12-,15?/m1/s1. The van der Waals surface area contributed by atoms with Crippen LogP contribution in [0.4, 0.5) is 9.18 Å². The maximum Gasteiger partial charge on any atom is 0.407 e. The summed E-state index contributed by atoms with van der Waals surface area (Å²) >= 11 is 0. The van der Waals surface area contributed by atoms with E-state index >= 15 is 0 Å². The summed E-state index contributed by atoms with van der Waals surface area (Å²) in [5, 5.41) is 15.2. The lowest BCUT2D eigenvalue weighted by atomic mass is 10.1. The quantitative estimate of drug-likeness (QED) is 0.719. The maximum absolute atomic E-state index is 13.3. The number of amides is 1. The van der Waals surface area contributed by atoms with Gasteiger partial charge in [-0.1, -0.05) is 12.1 Å². The van der Waals surface area contributed by atoms with Crippen LogP contribution in [0.2, 0.25) is 0 Å². The fraction of sp³-hybridized carbons (Fsp3) is 0.588. The predicted molar refractivity (Wildman–Crippen MR) is 87.8 cm³/mol. The number of aliphatic hydroxyl groups excluding tert-OH is 1. The van der Waals surface area contributed by atoms with Gasteiger partial charge >= 0.3 is 6.09 Å². The Balaban J connectivity index is 2.66. The molecule has 0 bridgehead atoms. The van der Waals surface area contributed by atoms with Gasteiger partial charge in [-0.15, -0.1) is 0 Å². The van der Waals surface area contributed by atoms with Gasteiger partial charge in [-0.3, -0.25) is 0 Å². The molecule has 0 saturated carbocycles. The first-order valence-corrected chi connectivity index (χ1v) is 7.78. The highest BCUT2D eigenvalue weighted by molar-refractivity contribution is 5.68. The Kier molecular flexibility index (Phi) is 7.45. The van der Waals surface area contributed by atoms with E-state index in [1.165, 1.54) is 12.1 Å². The van der Waals surface area contributed by atoms with Gasteiger partial charge in [-0.2, -0.15) is 0 Å². The van der Waals surface area contributed by atoms with Crippen LogP contribution in [0.3, 0.4) is 0 Å². The van der Waals surface area contributed by atoms with E-state index in [9.17, 15) is 14.3 Å². The van der Waals surface area contributed by atoms with Crippen molar-refractivity contribution < 1.29 is 19.0 Å². The van der Waals surface area contributed by atoms with Crippen LogP contribution in [-0.4, -0.2) is 42.0 Å². The monoisotopic (exact) mass is 326 g/mol. The molecule has 5 nitrogen and oxygen atoms in total. The second-order valence-corrected chi connectivity index (χ2v) is 6.68. The number of carbonyl (C=O) groups excluding carboxylic acids is 1. The summed E-state index contributed by atoms with van der Waals surface area (Å²) in [5.74, 6) is -0.310. The van der Waals surface area contributed by atoms with Gasteiger partial charge in [0, 0.05) is 19.1 Å². The highest BCUT2D eigenvalue weighted by atomic mass is 19.1. The molecular formula is C17H27FN2O3. The van der Waals surface area contributed by atoms with E-state index in [1.54, 1.807) is 33.8 Å². The van der Waals surface area contributed by atoms with E-state index in [4.69, 9.17) is 4.74 Å². The Morgan fingerprint density at radius 2 is 2.04 bits per heavy atom. The number of hydrogen-bond acceptors (Lipinski definition) is 4. The summed E-state index contributed by atoms with van der Waals surface area (Å²) in [7, 11) is 0. The van der Waals surface area contributed by atoms with Gasteiger partial charge in [0.05, 0.1) is 6.10 Å². The van der Waals surface area contributed by atoms with Crippen molar-refractivity contribution in [3.8, 4) is 0 Å². The molecule has 6 heteroatoms. The number of ether oxygens (including phenoxy) is 1. The zero-order valence-electron chi connectivity index (χ0n) is 14.2. The van der Waals surface area contributed by atoms with Crippen molar-refractivity contribution in [3.63, 3.8) is 0 Å². The molecule has 0 spiro atoms. The number of halogens is 1. The molecule has 0 aliphatic heterocycles. The largest absolute Gasteiger partial charge is 0.444 e. The van der Waals surface area contributed by atoms with Crippen LogP contribution in [-0.2, 0) is 11.2 Å². The maximum atomic E-state index is 13.3. The fourth-order valence-corrected chi connectivity index (χ4v) is 2.06. The second-order valence-electron chi connectivity index (χ2n) is 6.68. The lowest BCUT2D eigenvalue weighted by Crippen LogP contribution is -2.46. The molecule has 1 amide bonds. The Labute approximate surface area is 137 Å². The Bertz CT molecular complexity index is 501. The zero-order valence-corrected chi connectivity index (χ0v) is 14.2. The molecule has 1 aromatic rings. The summed E-state index contributed by atoms with van der Waals surface area (Å²) < 4.78 is 18.6. The summed E-state index contributed by atoms with van der Waals surface area (Å²) in [5.41, 5.74) is 0.200. The molecule has 130 valence electrons. The molecule has 1 unspecified atom stereocenters. The first-order valence-electron chi connectivity index (χ1n) is 7.78. The molecule has 0 aliphatic carbocycles. The van der Waals surface area contributed by atoms with E-state index in [2.05, 4.69) is 10.6 Å². The van der Waals surface area contributed by atoms with Crippen molar-refractivity contribution in [3.05, 3.63) is 35.6 Å². The van der Waals surface area contributed by atoms with Crippen molar-refractivity contribution in [1.82, 2.24) is 10.6 Å². The van der Waals surface area contributed by atoms with Gasteiger partial charge < -0.3 is 20.5 Å². The molecular weight excluding hydrogens is 299 g/mol. The van der Waals surface area contributed by atoms with E-state index in [0.29, 0.717) is 19.5 Å². The van der Waals surface area contributed by atoms with E-state index < -0.39 is 17.8 Å². The van der Waals surface area contributed by atoms with Gasteiger partial charge in [0.1, 0.15) is 11.4 Å². The molecule has 0 saturated heterocycles. The minimum Gasteiger partial charge on any atom is -0.444 e. The number of alkyl carbamates (subject to hydrolysis) is 1. The molecule has 0 heterocycles. The second kappa shape index (κ2) is 8.84. The van der Waals surface area contributed by atoms with E-state index in [0.717, 1.165) is 5.56 Å². The summed E-state index contributed by atoms with van der Waals surface area (Å²) in [4.78, 5) is 11.9. The normalized spacial score (nSPS) is 14.2. The van der Waals surface area contributed by atoms with Crippen LogP contribution in [0.15, 0.2) is 24.3 Å². The zero-order chi connectivity index (χ0) is 17.5. The third-order valence-corrected chi connectivity index (χ3v) is 2.92. The number of nitrogens with one attached hydrogen (secondary N) is 2. The molecule has 1 aromatic carbocycles. The van der Waals surface area contributed by atoms with E-state index in [1.807, 2.05) is 6.07 Å². The highest BCUT2D eigenvalue weighted by Crippen LogP contribution is 2.09. The van der Waals surface area contributed by atoms with Gasteiger partial charge in [0.2, 0.25) is 0 Å². The topological polar surface area (TPSA) is 70.6 Å². The number of carbonyl (C=O) groups is 1. The lowest BCUT2D eigenvalue weighted by molar-refractivity contribution is 0.0503. The molecule has 0 aliphatic rings. The molecule has 0 radical (unpaired) electrons. The Morgan fingerprint density at radius 3 is 2.61 bits per heavy atom. The number of benzene rings is 1. The Morgan fingerprint density at radius 1 is 1.35 bits per heavy atom. The van der Waals surface area contributed by atoms with Crippen LogP contribution in [0.1, 0.15) is 33.3 Å². The van der Waals surface area contributed by atoms with E-state index in [-0.39, 0.29) is 11.9 Å². The molecule has 2 atom stereocenters. The number of hydrogen-bond donors (Lipinski definition) is 3. The average Bonchev–Trinajstić information content (AvgIpc) is 2.35. The van der Waals surface area contributed by atoms with Crippen molar-refractivity contribution in [2.75, 3.05) is 13.1 Å². The summed E-state index contributed by atoms with van der Waals surface area (Å²) in [6.45, 7) is 7.91. The van der Waals surface area contributed by atoms with Crippen LogP contribution >= 0.6 is 0 Å². The van der Waals surface area contributed by atoms with Crippen molar-refractivity contribution in [2.45, 2.75) is 51.9 Å². The molecule has 23 heavy (non-hydrogen) atoms. The van der Waals surface area contributed by atoms with Crippen molar-refractivity contribution >= 4 is 6.09 Å². The summed E-state index contributed by atoms with van der Waals surface area (Å²) in [6.07, 6.45) is -0.534. The summed E-state index contributed by atoms with van der Waals surface area (Å²) in [6, 6.07) is 5.99. The minimum absolute atomic E-state index is 0.273. The van der Waals surface area contributed by atoms with Crippen LogP contribution in [0.5, 0.6) is 0 Å². The SMILES string of the molecule is C[C@@H](O)CNCC(Cc1cccc(F)c1)NC(=O)OC(C)(C)C. The van der Waals surface area contributed by atoms with Crippen LogP contribution < -0.4 is 10.6 Å². The van der Waals surface area contributed by atoms with Gasteiger partial charge in [-0.05, 0) is 51.8 Å². The smallest absolute Gasteiger partial charge is 0.407 e. The minimum atomic E-state index is -0.583. The lowest BCUT2D eigenvalue weighted by Gasteiger charge is -2.24. The third kappa shape index (κ3) is 9.15. The van der Waals surface area contributed by atoms with Crippen molar-refractivity contribution in [2.24, 2.45) is 0 Å². The predicted octanol–water partition coefficient (Wildman–Crippen LogP) is 2.23. The first-order chi connectivity index (χ1) is 10.7. The number of aliphatic hydroxyl groups is 1.